The highest BCUT2D eigenvalue weighted by atomic mass is 79.9. The molecule has 2 heterocycles. The van der Waals surface area contributed by atoms with Crippen molar-refractivity contribution in [3.05, 3.63) is 52.1 Å². The van der Waals surface area contributed by atoms with Crippen molar-refractivity contribution in [1.82, 2.24) is 14.9 Å². The molecule has 0 radical (unpaired) electrons. The Morgan fingerprint density at radius 3 is 2.41 bits per heavy atom. The Balaban J connectivity index is 2.28. The average Bonchev–Trinajstić information content (AvgIpc) is 2.94. The van der Waals surface area contributed by atoms with Crippen molar-refractivity contribution in [3.63, 3.8) is 0 Å². The molecule has 0 saturated carbocycles. The van der Waals surface area contributed by atoms with E-state index in [4.69, 9.17) is 5.11 Å². The van der Waals surface area contributed by atoms with E-state index in [9.17, 15) is 19.1 Å². The number of benzene rings is 1. The van der Waals surface area contributed by atoms with Gasteiger partial charge < -0.3 is 20.1 Å². The Labute approximate surface area is 174 Å². The number of rotatable bonds is 4. The number of nitrogens with one attached hydrogen (secondary N) is 1. The van der Waals surface area contributed by atoms with Crippen LogP contribution in [-0.4, -0.2) is 38.2 Å². The van der Waals surface area contributed by atoms with Crippen LogP contribution in [0.15, 0.2) is 34.9 Å². The number of fused-ring (bicyclic) bond motifs is 1. The number of aliphatic carboxylic acids is 1. The van der Waals surface area contributed by atoms with Crippen molar-refractivity contribution in [2.75, 3.05) is 6.54 Å². The minimum Gasteiger partial charge on any atom is -0.505 e. The Morgan fingerprint density at radius 1 is 1.24 bits per heavy atom. The van der Waals surface area contributed by atoms with E-state index in [1.54, 1.807) is 12.1 Å². The fourth-order valence-electron chi connectivity index (χ4n) is 3.14. The molecule has 0 spiro atoms. The third-order valence-corrected chi connectivity index (χ3v) is 5.11. The van der Waals surface area contributed by atoms with Crippen LogP contribution in [0.5, 0.6) is 5.75 Å². The first kappa shape index (κ1) is 20.8. The zero-order valence-electron chi connectivity index (χ0n) is 16.0. The molecule has 152 valence electrons. The SMILES string of the molecule is CC(C)(C)c1c(Br)c2c(O)c(C(=O)NCC(=O)O)ncc2n1-c1ccc(F)cc1. The van der Waals surface area contributed by atoms with Crippen LogP contribution in [0.1, 0.15) is 37.0 Å². The molecule has 29 heavy (non-hydrogen) atoms. The number of carboxylic acids is 1. The van der Waals surface area contributed by atoms with Crippen LogP contribution < -0.4 is 5.32 Å². The molecule has 3 aromatic rings. The molecule has 2 aromatic heterocycles. The van der Waals surface area contributed by atoms with E-state index in [0.29, 0.717) is 21.1 Å². The topological polar surface area (TPSA) is 104 Å². The van der Waals surface area contributed by atoms with Crippen molar-refractivity contribution in [2.24, 2.45) is 0 Å². The highest BCUT2D eigenvalue weighted by Gasteiger charge is 2.30. The van der Waals surface area contributed by atoms with Crippen LogP contribution in [0.3, 0.4) is 0 Å². The summed E-state index contributed by atoms with van der Waals surface area (Å²) in [6.45, 7) is 5.36. The van der Waals surface area contributed by atoms with Crippen molar-refractivity contribution in [2.45, 2.75) is 26.2 Å². The minimum absolute atomic E-state index is 0.281. The van der Waals surface area contributed by atoms with E-state index in [-0.39, 0.29) is 22.7 Å². The number of halogens is 2. The number of carboxylic acid groups (broad SMARTS) is 1. The van der Waals surface area contributed by atoms with Gasteiger partial charge in [-0.05, 0) is 40.2 Å². The number of pyridine rings is 1. The van der Waals surface area contributed by atoms with E-state index in [1.165, 1.54) is 18.3 Å². The molecule has 0 aliphatic rings. The molecular weight excluding hydrogens is 445 g/mol. The molecule has 3 rings (SSSR count). The fraction of sp³-hybridized carbons (Fsp3) is 0.250. The molecule has 0 aliphatic carbocycles. The van der Waals surface area contributed by atoms with Gasteiger partial charge in [0.1, 0.15) is 12.4 Å². The second-order valence-electron chi connectivity index (χ2n) is 7.52. The molecule has 3 N–H and O–H groups in total. The number of aromatic hydroxyl groups is 1. The lowest BCUT2D eigenvalue weighted by atomic mass is 9.91. The van der Waals surface area contributed by atoms with Gasteiger partial charge in [0.25, 0.3) is 5.91 Å². The van der Waals surface area contributed by atoms with Gasteiger partial charge in [-0.3, -0.25) is 9.59 Å². The lowest BCUT2D eigenvalue weighted by Gasteiger charge is -2.23. The molecule has 1 amide bonds. The molecule has 1 aromatic carbocycles. The predicted molar refractivity (Wildman–Crippen MR) is 109 cm³/mol. The van der Waals surface area contributed by atoms with Crippen LogP contribution in [0.4, 0.5) is 4.39 Å². The van der Waals surface area contributed by atoms with Crippen molar-refractivity contribution in [3.8, 4) is 11.4 Å². The van der Waals surface area contributed by atoms with Gasteiger partial charge in [0.05, 0.1) is 21.6 Å². The first-order valence-corrected chi connectivity index (χ1v) is 9.50. The smallest absolute Gasteiger partial charge is 0.322 e. The number of nitrogens with zero attached hydrogens (tertiary/aromatic N) is 2. The molecule has 0 unspecified atom stereocenters. The Kier molecular flexibility index (Phi) is 5.36. The number of hydrogen-bond acceptors (Lipinski definition) is 4. The summed E-state index contributed by atoms with van der Waals surface area (Å²) >= 11 is 3.54. The summed E-state index contributed by atoms with van der Waals surface area (Å²) in [5.74, 6) is -2.76. The van der Waals surface area contributed by atoms with Gasteiger partial charge in [-0.15, -0.1) is 0 Å². The molecule has 7 nitrogen and oxygen atoms in total. The van der Waals surface area contributed by atoms with Crippen LogP contribution in [0.2, 0.25) is 0 Å². The predicted octanol–water partition coefficient (Wildman–Crippen LogP) is 3.74. The molecule has 0 bridgehead atoms. The largest absolute Gasteiger partial charge is 0.505 e. The van der Waals surface area contributed by atoms with E-state index in [2.05, 4.69) is 26.2 Å². The van der Waals surface area contributed by atoms with Gasteiger partial charge in [0, 0.05) is 16.8 Å². The van der Waals surface area contributed by atoms with E-state index >= 15 is 0 Å². The van der Waals surface area contributed by atoms with Crippen LogP contribution in [-0.2, 0) is 10.2 Å². The summed E-state index contributed by atoms with van der Waals surface area (Å²) < 4.78 is 15.8. The van der Waals surface area contributed by atoms with E-state index in [0.717, 1.165) is 5.69 Å². The fourth-order valence-corrected chi connectivity index (χ4v) is 4.31. The van der Waals surface area contributed by atoms with E-state index in [1.807, 2.05) is 25.3 Å². The van der Waals surface area contributed by atoms with E-state index < -0.39 is 18.4 Å². The summed E-state index contributed by atoms with van der Waals surface area (Å²) in [5.41, 5.74) is 1.30. The number of aromatic nitrogens is 2. The molecule has 0 atom stereocenters. The zero-order valence-corrected chi connectivity index (χ0v) is 17.5. The second-order valence-corrected chi connectivity index (χ2v) is 8.31. The number of hydrogen-bond donors (Lipinski definition) is 3. The summed E-state index contributed by atoms with van der Waals surface area (Å²) in [5, 5.41) is 22.1. The summed E-state index contributed by atoms with van der Waals surface area (Å²) in [6, 6.07) is 5.90. The minimum atomic E-state index is -1.21. The monoisotopic (exact) mass is 463 g/mol. The number of carbonyl (C=O) groups is 2. The van der Waals surface area contributed by atoms with Crippen LogP contribution >= 0.6 is 15.9 Å². The van der Waals surface area contributed by atoms with Gasteiger partial charge in [-0.1, -0.05) is 20.8 Å². The highest BCUT2D eigenvalue weighted by molar-refractivity contribution is 9.10. The van der Waals surface area contributed by atoms with Crippen LogP contribution in [0.25, 0.3) is 16.6 Å². The average molecular weight is 464 g/mol. The van der Waals surface area contributed by atoms with Gasteiger partial charge in [-0.2, -0.15) is 0 Å². The first-order chi connectivity index (χ1) is 13.5. The van der Waals surface area contributed by atoms with Crippen molar-refractivity contribution in [1.29, 1.82) is 0 Å². The summed E-state index contributed by atoms with van der Waals surface area (Å²) in [7, 11) is 0. The van der Waals surface area contributed by atoms with Crippen LogP contribution in [0, 0.1) is 5.82 Å². The molecule has 0 saturated heterocycles. The maximum Gasteiger partial charge on any atom is 0.322 e. The number of carbonyl (C=O) groups excluding carboxylic acids is 1. The van der Waals surface area contributed by atoms with Gasteiger partial charge in [-0.25, -0.2) is 9.37 Å². The third-order valence-electron chi connectivity index (χ3n) is 4.34. The highest BCUT2D eigenvalue weighted by Crippen LogP contribution is 2.44. The molecular formula is C20H19BrFN3O4. The maximum absolute atomic E-state index is 13.4. The Bertz CT molecular complexity index is 1120. The Hall–Kier alpha value is -2.94. The van der Waals surface area contributed by atoms with Gasteiger partial charge in [0.2, 0.25) is 0 Å². The lowest BCUT2D eigenvalue weighted by Crippen LogP contribution is -2.29. The summed E-state index contributed by atoms with van der Waals surface area (Å²) in [4.78, 5) is 27.0. The summed E-state index contributed by atoms with van der Waals surface area (Å²) in [6.07, 6.45) is 1.42. The number of amides is 1. The van der Waals surface area contributed by atoms with Gasteiger partial charge >= 0.3 is 5.97 Å². The molecule has 0 fully saturated rings. The van der Waals surface area contributed by atoms with Gasteiger partial charge in [0.15, 0.2) is 11.4 Å². The first-order valence-electron chi connectivity index (χ1n) is 8.70. The third kappa shape index (κ3) is 3.82. The lowest BCUT2D eigenvalue weighted by molar-refractivity contribution is -0.135. The van der Waals surface area contributed by atoms with Crippen molar-refractivity contribution < 1.29 is 24.2 Å². The molecule has 0 aliphatic heterocycles. The Morgan fingerprint density at radius 2 is 1.86 bits per heavy atom. The normalized spacial score (nSPS) is 11.6. The standard InChI is InChI=1S/C20H19BrFN3O4/c1-20(2,3)18-15(21)14-12(25(18)11-6-4-10(22)5-7-11)8-23-16(17(14)28)19(29)24-9-13(26)27/h4-8,28H,9H2,1-3H3,(H,24,29)(H,26,27). The van der Waals surface area contributed by atoms with Crippen molar-refractivity contribution >= 4 is 38.7 Å². The molecule has 9 heteroatoms. The quantitative estimate of drug-likeness (QED) is 0.546. The zero-order chi connectivity index (χ0) is 21.5. The second kappa shape index (κ2) is 7.47. The maximum atomic E-state index is 13.4.